The Morgan fingerprint density at radius 3 is 2.94 bits per heavy atom. The van der Waals surface area contributed by atoms with E-state index in [0.29, 0.717) is 5.82 Å². The van der Waals surface area contributed by atoms with Crippen LogP contribution in [0.5, 0.6) is 0 Å². The highest BCUT2D eigenvalue weighted by atomic mass is 79.9. The van der Waals surface area contributed by atoms with E-state index in [0.717, 1.165) is 21.3 Å². The van der Waals surface area contributed by atoms with E-state index in [2.05, 4.69) is 41.2 Å². The topological polar surface area (TPSA) is 66.5 Å². The van der Waals surface area contributed by atoms with Gasteiger partial charge in [-0.3, -0.25) is 0 Å². The van der Waals surface area contributed by atoms with Crippen LogP contribution in [-0.2, 0) is 0 Å². The number of nitrogens with zero attached hydrogens (tertiary/aromatic N) is 3. The number of hydrogen-bond donors (Lipinski definition) is 2. The van der Waals surface area contributed by atoms with Crippen molar-refractivity contribution in [2.24, 2.45) is 0 Å². The highest BCUT2D eigenvalue weighted by Crippen LogP contribution is 2.27. The van der Waals surface area contributed by atoms with Crippen LogP contribution in [0.2, 0.25) is 0 Å². The third kappa shape index (κ3) is 1.95. The molecule has 0 amide bonds. The standard InChI is InChI=1S/C12H10BrN5/c1-7-2-3-9(8(13)4-7)18-12-10-11(15-5-14-10)16-6-17-12/h2-6H,1H3,(H2,14,15,16,17,18). The predicted molar refractivity (Wildman–Crippen MR) is 73.8 cm³/mol. The first-order chi connectivity index (χ1) is 8.74. The van der Waals surface area contributed by atoms with Gasteiger partial charge in [-0.05, 0) is 40.5 Å². The molecule has 0 aliphatic carbocycles. The minimum Gasteiger partial charge on any atom is -0.337 e. The maximum absolute atomic E-state index is 4.21. The van der Waals surface area contributed by atoms with Crippen molar-refractivity contribution in [3.63, 3.8) is 0 Å². The quantitative estimate of drug-likeness (QED) is 0.763. The van der Waals surface area contributed by atoms with Crippen LogP contribution in [0.15, 0.2) is 35.3 Å². The lowest BCUT2D eigenvalue weighted by molar-refractivity contribution is 1.20. The van der Waals surface area contributed by atoms with Gasteiger partial charge in [-0.25, -0.2) is 15.0 Å². The Labute approximate surface area is 112 Å². The van der Waals surface area contributed by atoms with Crippen LogP contribution in [0.4, 0.5) is 11.5 Å². The highest BCUT2D eigenvalue weighted by Gasteiger charge is 2.07. The number of imidazole rings is 1. The minimum atomic E-state index is 0.686. The zero-order valence-electron chi connectivity index (χ0n) is 9.61. The van der Waals surface area contributed by atoms with Gasteiger partial charge in [0.15, 0.2) is 17.0 Å². The van der Waals surface area contributed by atoms with E-state index in [1.165, 1.54) is 11.9 Å². The molecule has 0 unspecified atom stereocenters. The molecule has 3 aromatic rings. The number of aryl methyl sites for hydroxylation is 1. The largest absolute Gasteiger partial charge is 0.337 e. The van der Waals surface area contributed by atoms with Crippen molar-refractivity contribution in [2.75, 3.05) is 5.32 Å². The average molecular weight is 304 g/mol. The van der Waals surface area contributed by atoms with E-state index in [-0.39, 0.29) is 0 Å². The summed E-state index contributed by atoms with van der Waals surface area (Å²) in [5.74, 6) is 0.686. The lowest BCUT2D eigenvalue weighted by Crippen LogP contribution is -1.96. The second-order valence-electron chi connectivity index (χ2n) is 3.93. The van der Waals surface area contributed by atoms with Crippen LogP contribution in [0.3, 0.4) is 0 Å². The maximum atomic E-state index is 4.21. The molecule has 1 aromatic carbocycles. The molecule has 3 rings (SSSR count). The molecule has 0 aliphatic heterocycles. The molecule has 0 spiro atoms. The number of nitrogens with one attached hydrogen (secondary N) is 2. The number of H-pyrrole nitrogens is 1. The monoisotopic (exact) mass is 303 g/mol. The van der Waals surface area contributed by atoms with Gasteiger partial charge in [-0.15, -0.1) is 0 Å². The first kappa shape index (κ1) is 11.2. The van der Waals surface area contributed by atoms with Gasteiger partial charge < -0.3 is 10.3 Å². The zero-order valence-corrected chi connectivity index (χ0v) is 11.2. The summed E-state index contributed by atoms with van der Waals surface area (Å²) >= 11 is 3.53. The fourth-order valence-corrected chi connectivity index (χ4v) is 2.30. The third-order valence-electron chi connectivity index (χ3n) is 2.59. The van der Waals surface area contributed by atoms with Crippen LogP contribution in [0.25, 0.3) is 11.2 Å². The third-order valence-corrected chi connectivity index (χ3v) is 3.25. The molecule has 2 N–H and O–H groups in total. The fraction of sp³-hybridized carbons (Fsp3) is 0.0833. The number of aromatic nitrogens is 4. The summed E-state index contributed by atoms with van der Waals surface area (Å²) < 4.78 is 0.991. The lowest BCUT2D eigenvalue weighted by Gasteiger charge is -2.08. The van der Waals surface area contributed by atoms with Crippen LogP contribution in [-0.4, -0.2) is 19.9 Å². The van der Waals surface area contributed by atoms with Crippen molar-refractivity contribution in [1.29, 1.82) is 0 Å². The first-order valence-electron chi connectivity index (χ1n) is 5.41. The highest BCUT2D eigenvalue weighted by molar-refractivity contribution is 9.10. The van der Waals surface area contributed by atoms with Crippen LogP contribution in [0.1, 0.15) is 5.56 Å². The van der Waals surface area contributed by atoms with E-state index >= 15 is 0 Å². The molecular weight excluding hydrogens is 294 g/mol. The van der Waals surface area contributed by atoms with Crippen LogP contribution >= 0.6 is 15.9 Å². The number of aromatic amines is 1. The molecule has 2 aromatic heterocycles. The summed E-state index contributed by atoms with van der Waals surface area (Å²) in [5.41, 5.74) is 3.59. The second kappa shape index (κ2) is 4.38. The number of benzene rings is 1. The van der Waals surface area contributed by atoms with Crippen LogP contribution in [0, 0.1) is 6.92 Å². The maximum Gasteiger partial charge on any atom is 0.162 e. The SMILES string of the molecule is Cc1ccc(Nc2ncnc3[nH]cnc23)c(Br)c1. The van der Waals surface area contributed by atoms with Crippen molar-refractivity contribution in [2.45, 2.75) is 6.92 Å². The number of anilines is 2. The van der Waals surface area contributed by atoms with E-state index < -0.39 is 0 Å². The molecule has 18 heavy (non-hydrogen) atoms. The Morgan fingerprint density at radius 2 is 2.11 bits per heavy atom. The lowest BCUT2D eigenvalue weighted by atomic mass is 10.2. The van der Waals surface area contributed by atoms with Gasteiger partial charge in [0.25, 0.3) is 0 Å². The van der Waals surface area contributed by atoms with E-state index in [4.69, 9.17) is 0 Å². The summed E-state index contributed by atoms with van der Waals surface area (Å²) in [6, 6.07) is 6.08. The molecule has 0 saturated heterocycles. The van der Waals surface area contributed by atoms with Crippen molar-refractivity contribution < 1.29 is 0 Å². The van der Waals surface area contributed by atoms with Gasteiger partial charge in [-0.1, -0.05) is 6.07 Å². The molecule has 0 bridgehead atoms. The molecule has 0 fully saturated rings. The smallest absolute Gasteiger partial charge is 0.162 e. The molecule has 5 nitrogen and oxygen atoms in total. The Bertz CT molecular complexity index is 707. The van der Waals surface area contributed by atoms with Gasteiger partial charge in [0.1, 0.15) is 6.33 Å². The molecule has 0 saturated carbocycles. The van der Waals surface area contributed by atoms with Gasteiger partial charge in [-0.2, -0.15) is 0 Å². The van der Waals surface area contributed by atoms with E-state index in [9.17, 15) is 0 Å². The number of hydrogen-bond acceptors (Lipinski definition) is 4. The van der Waals surface area contributed by atoms with Gasteiger partial charge in [0.05, 0.1) is 12.0 Å². The predicted octanol–water partition coefficient (Wildman–Crippen LogP) is 3.17. The van der Waals surface area contributed by atoms with Crippen molar-refractivity contribution in [1.82, 2.24) is 19.9 Å². The number of fused-ring (bicyclic) bond motifs is 1. The Balaban J connectivity index is 2.03. The Hall–Kier alpha value is -1.95. The summed E-state index contributed by atoms with van der Waals surface area (Å²) in [4.78, 5) is 15.5. The summed E-state index contributed by atoms with van der Waals surface area (Å²) in [6.07, 6.45) is 3.11. The molecule has 0 atom stereocenters. The zero-order chi connectivity index (χ0) is 12.5. The first-order valence-corrected chi connectivity index (χ1v) is 6.20. The van der Waals surface area contributed by atoms with Gasteiger partial charge >= 0.3 is 0 Å². The molecule has 90 valence electrons. The summed E-state index contributed by atoms with van der Waals surface area (Å²) in [5, 5.41) is 3.25. The minimum absolute atomic E-state index is 0.686. The number of rotatable bonds is 2. The summed E-state index contributed by atoms with van der Waals surface area (Å²) in [7, 11) is 0. The molecule has 6 heteroatoms. The normalized spacial score (nSPS) is 10.8. The Kier molecular flexibility index (Phi) is 2.71. The van der Waals surface area contributed by atoms with Crippen LogP contribution < -0.4 is 5.32 Å². The van der Waals surface area contributed by atoms with Crippen molar-refractivity contribution in [3.8, 4) is 0 Å². The fourth-order valence-electron chi connectivity index (χ4n) is 1.71. The molecule has 0 radical (unpaired) electrons. The Morgan fingerprint density at radius 1 is 1.22 bits per heavy atom. The van der Waals surface area contributed by atoms with Gasteiger partial charge in [0, 0.05) is 4.47 Å². The average Bonchev–Trinajstić information content (AvgIpc) is 2.82. The molecule has 2 heterocycles. The molecular formula is C12H10BrN5. The number of halogens is 1. The van der Waals surface area contributed by atoms with Crippen molar-refractivity contribution >= 4 is 38.6 Å². The van der Waals surface area contributed by atoms with E-state index in [1.54, 1.807) is 6.33 Å². The van der Waals surface area contributed by atoms with E-state index in [1.807, 2.05) is 25.1 Å². The summed E-state index contributed by atoms with van der Waals surface area (Å²) in [6.45, 7) is 2.05. The van der Waals surface area contributed by atoms with Crippen molar-refractivity contribution in [3.05, 3.63) is 40.9 Å². The second-order valence-corrected chi connectivity index (χ2v) is 4.78. The van der Waals surface area contributed by atoms with Gasteiger partial charge in [0.2, 0.25) is 0 Å². The molecule has 0 aliphatic rings.